The van der Waals surface area contributed by atoms with Crippen molar-refractivity contribution in [3.63, 3.8) is 0 Å². The van der Waals surface area contributed by atoms with Crippen molar-refractivity contribution in [2.45, 2.75) is 37.6 Å². The summed E-state index contributed by atoms with van der Waals surface area (Å²) in [6.07, 6.45) is 4.25. The van der Waals surface area contributed by atoms with Crippen LogP contribution in [0.25, 0.3) is 0 Å². The molecule has 4 nitrogen and oxygen atoms in total. The second kappa shape index (κ2) is 8.56. The van der Waals surface area contributed by atoms with Crippen LogP contribution in [0.15, 0.2) is 54.6 Å². The van der Waals surface area contributed by atoms with E-state index < -0.39 is 0 Å². The van der Waals surface area contributed by atoms with Crippen molar-refractivity contribution < 1.29 is 14.3 Å². The van der Waals surface area contributed by atoms with Crippen molar-refractivity contribution in [2.75, 3.05) is 13.7 Å². The maximum absolute atomic E-state index is 12.2. The average Bonchev–Trinajstić information content (AvgIpc) is 2.68. The smallest absolute Gasteiger partial charge is 0.258 e. The van der Waals surface area contributed by atoms with Gasteiger partial charge in [0, 0.05) is 6.04 Å². The number of nitrogens with one attached hydrogen (secondary N) is 1. The van der Waals surface area contributed by atoms with Crippen molar-refractivity contribution in [3.05, 3.63) is 60.2 Å². The normalized spacial score (nSPS) is 19.9. The lowest BCUT2D eigenvalue weighted by Gasteiger charge is -2.29. The molecule has 0 atom stereocenters. The van der Waals surface area contributed by atoms with Crippen LogP contribution in [0.3, 0.4) is 0 Å². The largest absolute Gasteiger partial charge is 0.493 e. The molecular weight excluding hydrogens is 314 g/mol. The molecule has 0 saturated heterocycles. The van der Waals surface area contributed by atoms with E-state index in [1.807, 2.05) is 18.2 Å². The van der Waals surface area contributed by atoms with Gasteiger partial charge in [-0.2, -0.15) is 0 Å². The highest BCUT2D eigenvalue weighted by Gasteiger charge is 2.23. The molecule has 1 amide bonds. The summed E-state index contributed by atoms with van der Waals surface area (Å²) in [5.74, 6) is 1.76. The van der Waals surface area contributed by atoms with Gasteiger partial charge in [-0.15, -0.1) is 0 Å². The Labute approximate surface area is 149 Å². The monoisotopic (exact) mass is 339 g/mol. The Bertz CT molecular complexity index is 679. The fraction of sp³-hybridized carbons (Fsp3) is 0.381. The first-order valence-corrected chi connectivity index (χ1v) is 8.86. The first-order chi connectivity index (χ1) is 12.3. The van der Waals surface area contributed by atoms with E-state index in [2.05, 4.69) is 35.6 Å². The van der Waals surface area contributed by atoms with E-state index in [9.17, 15) is 4.79 Å². The molecule has 1 aliphatic carbocycles. The lowest BCUT2D eigenvalue weighted by Crippen LogP contribution is -2.39. The molecule has 0 spiro atoms. The fourth-order valence-electron chi connectivity index (χ4n) is 3.45. The fourth-order valence-corrected chi connectivity index (χ4v) is 3.45. The van der Waals surface area contributed by atoms with Gasteiger partial charge < -0.3 is 14.8 Å². The summed E-state index contributed by atoms with van der Waals surface area (Å²) in [6, 6.07) is 18.2. The van der Waals surface area contributed by atoms with E-state index in [4.69, 9.17) is 9.47 Å². The van der Waals surface area contributed by atoms with Crippen molar-refractivity contribution in [2.24, 2.45) is 0 Å². The zero-order valence-electron chi connectivity index (χ0n) is 14.6. The van der Waals surface area contributed by atoms with Crippen LogP contribution in [0.1, 0.15) is 37.2 Å². The minimum absolute atomic E-state index is 0.0129. The molecule has 4 heteroatoms. The third kappa shape index (κ3) is 4.75. The molecule has 132 valence electrons. The van der Waals surface area contributed by atoms with Gasteiger partial charge in [-0.3, -0.25) is 4.79 Å². The summed E-state index contributed by atoms with van der Waals surface area (Å²) in [5.41, 5.74) is 1.41. The van der Waals surface area contributed by atoms with Crippen LogP contribution < -0.4 is 14.8 Å². The van der Waals surface area contributed by atoms with Gasteiger partial charge in [-0.25, -0.2) is 0 Å². The molecule has 25 heavy (non-hydrogen) atoms. The number of amides is 1. The van der Waals surface area contributed by atoms with Crippen LogP contribution in [-0.4, -0.2) is 25.7 Å². The van der Waals surface area contributed by atoms with Crippen molar-refractivity contribution >= 4 is 5.91 Å². The summed E-state index contributed by atoms with van der Waals surface area (Å²) >= 11 is 0. The predicted octanol–water partition coefficient (Wildman–Crippen LogP) is 3.92. The molecule has 0 radical (unpaired) electrons. The van der Waals surface area contributed by atoms with E-state index in [-0.39, 0.29) is 18.6 Å². The average molecular weight is 339 g/mol. The molecule has 0 aromatic heterocycles. The third-order valence-corrected chi connectivity index (χ3v) is 4.79. The van der Waals surface area contributed by atoms with E-state index in [0.717, 1.165) is 25.7 Å². The van der Waals surface area contributed by atoms with Gasteiger partial charge in [0.1, 0.15) is 0 Å². The highest BCUT2D eigenvalue weighted by Crippen LogP contribution is 2.32. The summed E-state index contributed by atoms with van der Waals surface area (Å²) in [7, 11) is 1.59. The van der Waals surface area contributed by atoms with Gasteiger partial charge in [0.05, 0.1) is 7.11 Å². The van der Waals surface area contributed by atoms with Gasteiger partial charge >= 0.3 is 0 Å². The lowest BCUT2D eigenvalue weighted by atomic mass is 9.82. The molecule has 1 N–H and O–H groups in total. The molecule has 0 bridgehead atoms. The van der Waals surface area contributed by atoms with Gasteiger partial charge in [-0.1, -0.05) is 42.5 Å². The second-order valence-electron chi connectivity index (χ2n) is 6.47. The predicted molar refractivity (Wildman–Crippen MR) is 98.1 cm³/mol. The number of benzene rings is 2. The first kappa shape index (κ1) is 17.3. The van der Waals surface area contributed by atoms with Crippen molar-refractivity contribution in [1.82, 2.24) is 5.32 Å². The van der Waals surface area contributed by atoms with Crippen molar-refractivity contribution in [1.29, 1.82) is 0 Å². The van der Waals surface area contributed by atoms with Crippen LogP contribution in [0.5, 0.6) is 11.5 Å². The molecule has 0 aliphatic heterocycles. The standard InChI is InChI=1S/C21H25NO3/c1-24-19-9-5-6-10-20(19)25-15-21(23)22-18-13-11-17(12-14-18)16-7-3-2-4-8-16/h2-10,17-18H,11-15H2,1H3,(H,22,23). The number of carbonyl (C=O) groups is 1. The van der Waals surface area contributed by atoms with Crippen LogP contribution in [0.4, 0.5) is 0 Å². The number of methoxy groups -OCH3 is 1. The highest BCUT2D eigenvalue weighted by atomic mass is 16.5. The summed E-state index contributed by atoms with van der Waals surface area (Å²) in [4.78, 5) is 12.2. The Morgan fingerprint density at radius 3 is 2.28 bits per heavy atom. The minimum atomic E-state index is -0.0749. The lowest BCUT2D eigenvalue weighted by molar-refractivity contribution is -0.124. The molecule has 2 aromatic carbocycles. The number of hydrogen-bond acceptors (Lipinski definition) is 3. The number of carbonyl (C=O) groups excluding carboxylic acids is 1. The zero-order valence-corrected chi connectivity index (χ0v) is 14.6. The van der Waals surface area contributed by atoms with E-state index >= 15 is 0 Å². The molecule has 1 saturated carbocycles. The van der Waals surface area contributed by atoms with Gasteiger partial charge in [0.15, 0.2) is 18.1 Å². The van der Waals surface area contributed by atoms with E-state index in [1.165, 1.54) is 5.56 Å². The summed E-state index contributed by atoms with van der Waals surface area (Å²) in [6.45, 7) is 0.0129. The number of ether oxygens (including phenoxy) is 2. The maximum Gasteiger partial charge on any atom is 0.258 e. The van der Waals surface area contributed by atoms with Gasteiger partial charge in [0.25, 0.3) is 5.91 Å². The Balaban J connectivity index is 1.43. The molecular formula is C21H25NO3. The molecule has 0 unspecified atom stereocenters. The Hall–Kier alpha value is -2.49. The minimum Gasteiger partial charge on any atom is -0.493 e. The Morgan fingerprint density at radius 1 is 0.960 bits per heavy atom. The first-order valence-electron chi connectivity index (χ1n) is 8.86. The van der Waals surface area contributed by atoms with Crippen molar-refractivity contribution in [3.8, 4) is 11.5 Å². The zero-order chi connectivity index (χ0) is 17.5. The molecule has 2 aromatic rings. The van der Waals surface area contributed by atoms with E-state index in [0.29, 0.717) is 17.4 Å². The van der Waals surface area contributed by atoms with E-state index in [1.54, 1.807) is 13.2 Å². The highest BCUT2D eigenvalue weighted by molar-refractivity contribution is 5.78. The van der Waals surface area contributed by atoms with Crippen LogP contribution >= 0.6 is 0 Å². The molecule has 1 aliphatic rings. The third-order valence-electron chi connectivity index (χ3n) is 4.79. The summed E-state index contributed by atoms with van der Waals surface area (Å²) < 4.78 is 10.8. The second-order valence-corrected chi connectivity index (χ2v) is 6.47. The topological polar surface area (TPSA) is 47.6 Å². The molecule has 0 heterocycles. The molecule has 3 rings (SSSR count). The number of rotatable bonds is 6. The van der Waals surface area contributed by atoms with Crippen LogP contribution in [0, 0.1) is 0 Å². The van der Waals surface area contributed by atoms with Crippen LogP contribution in [0.2, 0.25) is 0 Å². The van der Waals surface area contributed by atoms with Gasteiger partial charge in [0.2, 0.25) is 0 Å². The maximum atomic E-state index is 12.2. The number of hydrogen-bond donors (Lipinski definition) is 1. The Morgan fingerprint density at radius 2 is 1.60 bits per heavy atom. The SMILES string of the molecule is COc1ccccc1OCC(=O)NC1CCC(c2ccccc2)CC1. The van der Waals surface area contributed by atoms with Crippen LogP contribution in [-0.2, 0) is 4.79 Å². The summed E-state index contributed by atoms with van der Waals surface area (Å²) in [5, 5.41) is 3.09. The quantitative estimate of drug-likeness (QED) is 0.868. The Kier molecular flexibility index (Phi) is 5.94. The molecule has 1 fully saturated rings. The van der Waals surface area contributed by atoms with Gasteiger partial charge in [-0.05, 0) is 49.3 Å². The number of para-hydroxylation sites is 2.